The monoisotopic (exact) mass is 436 g/mol. The van der Waals surface area contributed by atoms with E-state index in [1.165, 1.54) is 4.57 Å². The van der Waals surface area contributed by atoms with Crippen molar-refractivity contribution in [3.05, 3.63) is 59.4 Å². The van der Waals surface area contributed by atoms with E-state index in [1.54, 1.807) is 6.07 Å². The number of nitrogens with one attached hydrogen (secondary N) is 2. The highest BCUT2D eigenvalue weighted by Gasteiger charge is 2.33. The van der Waals surface area contributed by atoms with Crippen LogP contribution >= 0.6 is 0 Å². The van der Waals surface area contributed by atoms with Crippen LogP contribution in [0.4, 0.5) is 15.3 Å². The molecule has 8 heteroatoms. The predicted molar refractivity (Wildman–Crippen MR) is 122 cm³/mol. The van der Waals surface area contributed by atoms with Gasteiger partial charge in [-0.2, -0.15) is 0 Å². The van der Waals surface area contributed by atoms with E-state index < -0.39 is 17.6 Å². The number of fused-ring (bicyclic) bond motifs is 3. The van der Waals surface area contributed by atoms with Gasteiger partial charge in [-0.05, 0) is 31.0 Å². The first kappa shape index (κ1) is 21.7. The standard InChI is InChI=1S/C24H28N4O4/c1-14-12-17(26-22(29)32-13-15-8-6-5-7-9-15)19-16(25-14)10-11-18-20(19)27-21(24(2,3)4)28(18)23(30)31/h5-11,14,17,25H,12-13H2,1-4H3,(H,26,29)(H,30,31). The molecule has 2 unspecified atom stereocenters. The molecule has 2 aromatic carbocycles. The van der Waals surface area contributed by atoms with Crippen molar-refractivity contribution < 1.29 is 19.4 Å². The van der Waals surface area contributed by atoms with E-state index in [0.29, 0.717) is 23.3 Å². The Balaban J connectivity index is 1.70. The fourth-order valence-corrected chi connectivity index (χ4v) is 4.17. The van der Waals surface area contributed by atoms with Gasteiger partial charge in [0.25, 0.3) is 0 Å². The van der Waals surface area contributed by atoms with E-state index in [4.69, 9.17) is 9.72 Å². The number of hydrogen-bond donors (Lipinski definition) is 3. The molecule has 0 saturated heterocycles. The second-order valence-corrected chi connectivity index (χ2v) is 9.24. The molecule has 1 amide bonds. The number of aromatic nitrogens is 2. The molecule has 0 radical (unpaired) electrons. The minimum Gasteiger partial charge on any atom is -0.464 e. The van der Waals surface area contributed by atoms with Gasteiger partial charge in [0.2, 0.25) is 0 Å². The maximum absolute atomic E-state index is 12.6. The molecule has 0 saturated carbocycles. The van der Waals surface area contributed by atoms with Gasteiger partial charge >= 0.3 is 12.2 Å². The van der Waals surface area contributed by atoms with E-state index in [1.807, 2.05) is 64.1 Å². The van der Waals surface area contributed by atoms with Gasteiger partial charge in [-0.15, -0.1) is 0 Å². The second-order valence-electron chi connectivity index (χ2n) is 9.24. The van der Waals surface area contributed by atoms with E-state index >= 15 is 0 Å². The molecule has 0 fully saturated rings. The number of carbonyl (C=O) groups excluding carboxylic acids is 1. The molecule has 3 N–H and O–H groups in total. The van der Waals surface area contributed by atoms with Gasteiger partial charge in [-0.1, -0.05) is 51.1 Å². The van der Waals surface area contributed by atoms with Crippen molar-refractivity contribution in [2.24, 2.45) is 0 Å². The third-order valence-electron chi connectivity index (χ3n) is 5.57. The first-order valence-electron chi connectivity index (χ1n) is 10.7. The molecule has 0 spiro atoms. The van der Waals surface area contributed by atoms with Crippen LogP contribution in [0.25, 0.3) is 11.0 Å². The molecule has 1 aliphatic heterocycles. The van der Waals surface area contributed by atoms with Gasteiger partial charge < -0.3 is 20.5 Å². The normalized spacial score (nSPS) is 18.0. The number of carbonyl (C=O) groups is 2. The second kappa shape index (κ2) is 8.18. The number of hydrogen-bond acceptors (Lipinski definition) is 5. The average molecular weight is 437 g/mol. The molecule has 8 nitrogen and oxygen atoms in total. The van der Waals surface area contributed by atoms with Crippen LogP contribution in [0.1, 0.15) is 57.1 Å². The van der Waals surface area contributed by atoms with E-state index in [-0.39, 0.29) is 18.7 Å². The third-order valence-corrected chi connectivity index (χ3v) is 5.57. The Labute approximate surface area is 186 Å². The van der Waals surface area contributed by atoms with Crippen molar-refractivity contribution >= 4 is 28.9 Å². The predicted octanol–water partition coefficient (Wildman–Crippen LogP) is 5.03. The molecular formula is C24H28N4O4. The highest BCUT2D eigenvalue weighted by Crippen LogP contribution is 2.39. The van der Waals surface area contributed by atoms with Crippen LogP contribution in [-0.4, -0.2) is 32.9 Å². The Kier molecular flexibility index (Phi) is 5.54. The maximum atomic E-state index is 12.6. The SMILES string of the molecule is CC1CC(NC(=O)OCc2ccccc2)c2c(ccc3c2nc(C(C)(C)C)n3C(=O)O)N1. The summed E-state index contributed by atoms with van der Waals surface area (Å²) < 4.78 is 6.66. The van der Waals surface area contributed by atoms with Gasteiger partial charge in [0.15, 0.2) is 0 Å². The highest BCUT2D eigenvalue weighted by molar-refractivity contribution is 5.93. The van der Waals surface area contributed by atoms with Gasteiger partial charge in [-0.3, -0.25) is 0 Å². The lowest BCUT2D eigenvalue weighted by molar-refractivity contribution is 0.134. The van der Waals surface area contributed by atoms with Crippen molar-refractivity contribution in [2.45, 2.75) is 58.2 Å². The molecule has 168 valence electrons. The first-order valence-corrected chi connectivity index (χ1v) is 10.7. The summed E-state index contributed by atoms with van der Waals surface area (Å²) in [5, 5.41) is 16.3. The minimum atomic E-state index is -1.08. The molecule has 32 heavy (non-hydrogen) atoms. The summed E-state index contributed by atoms with van der Waals surface area (Å²) in [5.74, 6) is 0.456. The largest absolute Gasteiger partial charge is 0.464 e. The van der Waals surface area contributed by atoms with Crippen LogP contribution in [0.5, 0.6) is 0 Å². The fourth-order valence-electron chi connectivity index (χ4n) is 4.17. The number of rotatable bonds is 3. The lowest BCUT2D eigenvalue weighted by atomic mass is 9.92. The maximum Gasteiger partial charge on any atom is 0.417 e. The average Bonchev–Trinajstić information content (AvgIpc) is 3.13. The van der Waals surface area contributed by atoms with Crippen molar-refractivity contribution in [1.29, 1.82) is 0 Å². The molecule has 0 bridgehead atoms. The first-order chi connectivity index (χ1) is 15.1. The van der Waals surface area contributed by atoms with Crippen molar-refractivity contribution in [3.63, 3.8) is 0 Å². The van der Waals surface area contributed by atoms with Crippen LogP contribution in [0, 0.1) is 0 Å². The van der Waals surface area contributed by atoms with Crippen molar-refractivity contribution in [3.8, 4) is 0 Å². The van der Waals surface area contributed by atoms with E-state index in [0.717, 1.165) is 16.8 Å². The number of ether oxygens (including phenoxy) is 1. The number of alkyl carbamates (subject to hydrolysis) is 1. The van der Waals surface area contributed by atoms with Crippen LogP contribution in [0.2, 0.25) is 0 Å². The molecular weight excluding hydrogens is 408 g/mol. The number of benzene rings is 2. The summed E-state index contributed by atoms with van der Waals surface area (Å²) in [4.78, 5) is 29.4. The Hall–Kier alpha value is -3.55. The molecule has 1 aliphatic rings. The number of carboxylic acid groups (broad SMARTS) is 1. The van der Waals surface area contributed by atoms with E-state index in [9.17, 15) is 14.7 Å². The molecule has 1 aromatic heterocycles. The van der Waals surface area contributed by atoms with Gasteiger partial charge in [0, 0.05) is 22.7 Å². The topological polar surface area (TPSA) is 105 Å². The Morgan fingerprint density at radius 1 is 1.22 bits per heavy atom. The van der Waals surface area contributed by atoms with Gasteiger partial charge in [0.05, 0.1) is 17.1 Å². The summed E-state index contributed by atoms with van der Waals surface area (Å²) in [5.41, 5.74) is 3.11. The summed E-state index contributed by atoms with van der Waals surface area (Å²) in [6, 6.07) is 12.8. The Morgan fingerprint density at radius 2 is 1.94 bits per heavy atom. The van der Waals surface area contributed by atoms with Crippen LogP contribution in [-0.2, 0) is 16.8 Å². The summed E-state index contributed by atoms with van der Waals surface area (Å²) >= 11 is 0. The van der Waals surface area contributed by atoms with Gasteiger partial charge in [-0.25, -0.2) is 19.1 Å². The molecule has 2 heterocycles. The van der Waals surface area contributed by atoms with Crippen LogP contribution < -0.4 is 10.6 Å². The Morgan fingerprint density at radius 3 is 2.59 bits per heavy atom. The number of anilines is 1. The summed E-state index contributed by atoms with van der Waals surface area (Å²) in [6.45, 7) is 7.99. The molecule has 4 rings (SSSR count). The minimum absolute atomic E-state index is 0.114. The quantitative estimate of drug-likeness (QED) is 0.532. The zero-order valence-electron chi connectivity index (χ0n) is 18.7. The zero-order valence-corrected chi connectivity index (χ0v) is 18.7. The molecule has 2 atom stereocenters. The molecule has 3 aromatic rings. The fraction of sp³-hybridized carbons (Fsp3) is 0.375. The third kappa shape index (κ3) is 4.12. The summed E-state index contributed by atoms with van der Waals surface area (Å²) in [6.07, 6.45) is -0.983. The number of amides is 1. The number of imidazole rings is 1. The lowest BCUT2D eigenvalue weighted by Gasteiger charge is -2.31. The highest BCUT2D eigenvalue weighted by atomic mass is 16.5. The van der Waals surface area contributed by atoms with Crippen LogP contribution in [0.15, 0.2) is 42.5 Å². The van der Waals surface area contributed by atoms with Crippen molar-refractivity contribution in [2.75, 3.05) is 5.32 Å². The van der Waals surface area contributed by atoms with E-state index in [2.05, 4.69) is 10.6 Å². The van der Waals surface area contributed by atoms with Crippen LogP contribution in [0.3, 0.4) is 0 Å². The zero-order chi connectivity index (χ0) is 23.0. The number of nitrogens with zero attached hydrogens (tertiary/aromatic N) is 2. The Bertz CT molecular complexity index is 1160. The van der Waals surface area contributed by atoms with Gasteiger partial charge in [0.1, 0.15) is 12.4 Å². The lowest BCUT2D eigenvalue weighted by Crippen LogP contribution is -2.36. The van der Waals surface area contributed by atoms with Crippen molar-refractivity contribution in [1.82, 2.24) is 14.9 Å². The smallest absolute Gasteiger partial charge is 0.417 e. The summed E-state index contributed by atoms with van der Waals surface area (Å²) in [7, 11) is 0. The molecule has 0 aliphatic carbocycles.